The summed E-state index contributed by atoms with van der Waals surface area (Å²) in [7, 11) is 0. The molecule has 3 fully saturated rings. The van der Waals surface area contributed by atoms with Crippen molar-refractivity contribution in [3.63, 3.8) is 0 Å². The fourth-order valence-electron chi connectivity index (χ4n) is 3.49. The molecule has 0 saturated heterocycles. The van der Waals surface area contributed by atoms with E-state index < -0.39 is 0 Å². The average Bonchev–Trinajstić information content (AvgIpc) is 3.12. The minimum Gasteiger partial charge on any atom is -0.329 e. The lowest BCUT2D eigenvalue weighted by atomic mass is 9.87. The Morgan fingerprint density at radius 1 is 1.00 bits per heavy atom. The van der Waals surface area contributed by atoms with Crippen LogP contribution in [0.15, 0.2) is 0 Å². The molecule has 0 aromatic rings. The van der Waals surface area contributed by atoms with Crippen LogP contribution in [0.3, 0.4) is 0 Å². The molecule has 0 aromatic carbocycles. The molecule has 0 bridgehead atoms. The standard InChI is InChI=1S/C15H28N2/c1-2-15(11-16,14-7-8-14)17(9-12-3-4-12)10-13-5-6-13/h12-14H,2-11,16H2,1H3. The Kier molecular flexibility index (Phi) is 3.20. The average molecular weight is 236 g/mol. The molecule has 3 aliphatic carbocycles. The van der Waals surface area contributed by atoms with Gasteiger partial charge in [0.05, 0.1) is 0 Å². The summed E-state index contributed by atoms with van der Waals surface area (Å²) in [5.41, 5.74) is 6.58. The van der Waals surface area contributed by atoms with Crippen LogP contribution in [-0.4, -0.2) is 30.1 Å². The van der Waals surface area contributed by atoms with E-state index in [9.17, 15) is 0 Å². The van der Waals surface area contributed by atoms with E-state index in [1.165, 1.54) is 58.0 Å². The van der Waals surface area contributed by atoms with Crippen LogP contribution < -0.4 is 5.73 Å². The van der Waals surface area contributed by atoms with Crippen molar-refractivity contribution in [1.29, 1.82) is 0 Å². The van der Waals surface area contributed by atoms with Gasteiger partial charge in [-0.25, -0.2) is 0 Å². The zero-order valence-corrected chi connectivity index (χ0v) is 11.3. The Morgan fingerprint density at radius 3 is 1.82 bits per heavy atom. The maximum absolute atomic E-state index is 6.21. The number of rotatable bonds is 8. The summed E-state index contributed by atoms with van der Waals surface area (Å²) in [4.78, 5) is 2.83. The van der Waals surface area contributed by atoms with Gasteiger partial charge in [-0.15, -0.1) is 0 Å². The van der Waals surface area contributed by atoms with Crippen molar-refractivity contribution < 1.29 is 0 Å². The number of hydrogen-bond donors (Lipinski definition) is 1. The second-order valence-corrected chi connectivity index (χ2v) is 6.73. The highest BCUT2D eigenvalue weighted by molar-refractivity contribution is 5.04. The number of hydrogen-bond acceptors (Lipinski definition) is 2. The minimum atomic E-state index is 0.366. The Hall–Kier alpha value is -0.0800. The van der Waals surface area contributed by atoms with E-state index in [0.29, 0.717) is 5.54 Å². The van der Waals surface area contributed by atoms with Gasteiger partial charge in [0.15, 0.2) is 0 Å². The third-order valence-corrected chi connectivity index (χ3v) is 5.28. The van der Waals surface area contributed by atoms with Crippen molar-refractivity contribution in [2.24, 2.45) is 23.5 Å². The molecule has 2 N–H and O–H groups in total. The molecule has 3 aliphatic rings. The van der Waals surface area contributed by atoms with Gasteiger partial charge in [0.2, 0.25) is 0 Å². The molecule has 98 valence electrons. The SMILES string of the molecule is CCC(CN)(C1CC1)N(CC1CC1)CC1CC1. The van der Waals surface area contributed by atoms with Crippen LogP contribution in [0, 0.1) is 17.8 Å². The normalized spacial score (nSPS) is 28.4. The van der Waals surface area contributed by atoms with Gasteiger partial charge in [-0.3, -0.25) is 4.90 Å². The third kappa shape index (κ3) is 2.53. The molecule has 2 nitrogen and oxygen atoms in total. The van der Waals surface area contributed by atoms with Crippen LogP contribution in [-0.2, 0) is 0 Å². The van der Waals surface area contributed by atoms with Gasteiger partial charge >= 0.3 is 0 Å². The van der Waals surface area contributed by atoms with Crippen LogP contribution in [0.4, 0.5) is 0 Å². The van der Waals surface area contributed by atoms with E-state index in [0.717, 1.165) is 24.3 Å². The van der Waals surface area contributed by atoms with Crippen molar-refractivity contribution in [2.75, 3.05) is 19.6 Å². The predicted octanol–water partition coefficient (Wildman–Crippen LogP) is 2.63. The number of nitrogens with zero attached hydrogens (tertiary/aromatic N) is 1. The van der Waals surface area contributed by atoms with Gasteiger partial charge in [-0.1, -0.05) is 6.92 Å². The molecule has 0 radical (unpaired) electrons. The van der Waals surface area contributed by atoms with Crippen molar-refractivity contribution >= 4 is 0 Å². The molecule has 0 amide bonds. The summed E-state index contributed by atoms with van der Waals surface area (Å²) in [5.74, 6) is 2.92. The summed E-state index contributed by atoms with van der Waals surface area (Å²) in [6, 6.07) is 0. The van der Waals surface area contributed by atoms with E-state index in [1.54, 1.807) is 0 Å². The number of nitrogens with two attached hydrogens (primary N) is 1. The first-order chi connectivity index (χ1) is 8.28. The molecular formula is C15H28N2. The first-order valence-electron chi connectivity index (χ1n) is 7.73. The molecule has 3 rings (SSSR count). The second-order valence-electron chi connectivity index (χ2n) is 6.73. The molecule has 0 heterocycles. The lowest BCUT2D eigenvalue weighted by molar-refractivity contribution is 0.0582. The minimum absolute atomic E-state index is 0.366. The summed E-state index contributed by atoms with van der Waals surface area (Å²) in [5, 5.41) is 0. The molecule has 2 heteroatoms. The molecule has 3 saturated carbocycles. The fourth-order valence-corrected chi connectivity index (χ4v) is 3.49. The van der Waals surface area contributed by atoms with Crippen molar-refractivity contribution in [1.82, 2.24) is 4.90 Å². The molecule has 1 atom stereocenters. The van der Waals surface area contributed by atoms with E-state index in [1.807, 2.05) is 0 Å². The predicted molar refractivity (Wildman–Crippen MR) is 71.8 cm³/mol. The van der Waals surface area contributed by atoms with E-state index in [4.69, 9.17) is 5.73 Å². The Morgan fingerprint density at radius 2 is 1.53 bits per heavy atom. The largest absolute Gasteiger partial charge is 0.329 e. The molecule has 1 unspecified atom stereocenters. The van der Waals surface area contributed by atoms with Gasteiger partial charge < -0.3 is 5.73 Å². The first-order valence-corrected chi connectivity index (χ1v) is 7.73. The van der Waals surface area contributed by atoms with Crippen LogP contribution in [0.2, 0.25) is 0 Å². The monoisotopic (exact) mass is 236 g/mol. The van der Waals surface area contributed by atoms with Crippen LogP contribution in [0.1, 0.15) is 51.9 Å². The van der Waals surface area contributed by atoms with E-state index >= 15 is 0 Å². The van der Waals surface area contributed by atoms with Gasteiger partial charge in [-0.2, -0.15) is 0 Å². The van der Waals surface area contributed by atoms with Gasteiger partial charge in [0.25, 0.3) is 0 Å². The summed E-state index contributed by atoms with van der Waals surface area (Å²) in [6.45, 7) is 5.93. The maximum atomic E-state index is 6.21. The van der Waals surface area contributed by atoms with Crippen molar-refractivity contribution in [3.05, 3.63) is 0 Å². The molecule has 0 spiro atoms. The van der Waals surface area contributed by atoms with Crippen molar-refractivity contribution in [3.8, 4) is 0 Å². The zero-order valence-electron chi connectivity index (χ0n) is 11.3. The zero-order chi connectivity index (χ0) is 11.9. The lowest BCUT2D eigenvalue weighted by Crippen LogP contribution is -2.56. The molecular weight excluding hydrogens is 208 g/mol. The Balaban J connectivity index is 1.71. The maximum Gasteiger partial charge on any atom is 0.0357 e. The van der Waals surface area contributed by atoms with Gasteiger partial charge in [0, 0.05) is 25.2 Å². The fraction of sp³-hybridized carbons (Fsp3) is 1.00. The third-order valence-electron chi connectivity index (χ3n) is 5.28. The highest BCUT2D eigenvalue weighted by Crippen LogP contribution is 2.47. The first kappa shape index (κ1) is 12.0. The molecule has 0 aromatic heterocycles. The smallest absolute Gasteiger partial charge is 0.0357 e. The second kappa shape index (κ2) is 4.55. The van der Waals surface area contributed by atoms with Crippen molar-refractivity contribution in [2.45, 2.75) is 57.4 Å². The molecule has 0 aliphatic heterocycles. The van der Waals surface area contributed by atoms with E-state index in [2.05, 4.69) is 11.8 Å². The van der Waals surface area contributed by atoms with Gasteiger partial charge in [-0.05, 0) is 62.7 Å². The molecule has 17 heavy (non-hydrogen) atoms. The topological polar surface area (TPSA) is 29.3 Å². The highest BCUT2D eigenvalue weighted by atomic mass is 15.2. The Labute approximate surface area is 106 Å². The van der Waals surface area contributed by atoms with Crippen LogP contribution in [0.25, 0.3) is 0 Å². The summed E-state index contributed by atoms with van der Waals surface area (Å²) in [6.07, 6.45) is 9.99. The quantitative estimate of drug-likeness (QED) is 0.702. The highest BCUT2D eigenvalue weighted by Gasteiger charge is 2.48. The lowest BCUT2D eigenvalue weighted by Gasteiger charge is -2.44. The summed E-state index contributed by atoms with van der Waals surface area (Å²) < 4.78 is 0. The Bertz CT molecular complexity index is 246. The van der Waals surface area contributed by atoms with Crippen LogP contribution in [0.5, 0.6) is 0 Å². The van der Waals surface area contributed by atoms with Crippen LogP contribution >= 0.6 is 0 Å². The van der Waals surface area contributed by atoms with E-state index in [-0.39, 0.29) is 0 Å². The summed E-state index contributed by atoms with van der Waals surface area (Å²) >= 11 is 0. The van der Waals surface area contributed by atoms with Gasteiger partial charge in [0.1, 0.15) is 0 Å².